The minimum absolute atomic E-state index is 0.0609. The third-order valence-corrected chi connectivity index (χ3v) is 3.01. The van der Waals surface area contributed by atoms with Gasteiger partial charge in [-0.2, -0.15) is 4.98 Å². The van der Waals surface area contributed by atoms with Gasteiger partial charge in [-0.05, 0) is 31.0 Å². The van der Waals surface area contributed by atoms with Gasteiger partial charge in [-0.3, -0.25) is 0 Å². The van der Waals surface area contributed by atoms with Crippen molar-refractivity contribution < 1.29 is 4.39 Å². The molecule has 0 amide bonds. The number of aromatic nitrogens is 2. The van der Waals surface area contributed by atoms with Gasteiger partial charge in [-0.25, -0.2) is 9.37 Å². The largest absolute Gasteiger partial charge is 0.370 e. The number of rotatable bonds is 5. The normalized spacial score (nSPS) is 10.8. The molecule has 4 nitrogen and oxygen atoms in total. The molecule has 0 fully saturated rings. The Morgan fingerprint density at radius 1 is 1.24 bits per heavy atom. The molecular weight excluding hydrogens is 291 g/mol. The number of nitrogens with zero attached hydrogens (tertiary/aromatic N) is 2. The fourth-order valence-electron chi connectivity index (χ4n) is 1.73. The molecule has 0 saturated heterocycles. The van der Waals surface area contributed by atoms with Crippen LogP contribution < -0.4 is 10.6 Å². The van der Waals surface area contributed by atoms with Crippen LogP contribution in [0.25, 0.3) is 0 Å². The maximum absolute atomic E-state index is 13.1. The molecule has 6 heteroatoms. The van der Waals surface area contributed by atoms with Gasteiger partial charge < -0.3 is 10.6 Å². The zero-order valence-electron chi connectivity index (χ0n) is 12.2. The Labute approximate surface area is 128 Å². The second-order valence-corrected chi connectivity index (χ2v) is 5.65. The van der Waals surface area contributed by atoms with Crippen molar-refractivity contribution in [3.8, 4) is 0 Å². The molecule has 2 rings (SSSR count). The average molecular weight is 309 g/mol. The minimum Gasteiger partial charge on any atom is -0.370 e. The summed E-state index contributed by atoms with van der Waals surface area (Å²) < 4.78 is 13.1. The van der Waals surface area contributed by atoms with E-state index in [0.29, 0.717) is 17.6 Å². The van der Waals surface area contributed by atoms with Gasteiger partial charge in [0.15, 0.2) is 0 Å². The van der Waals surface area contributed by atoms with Gasteiger partial charge in [-0.1, -0.05) is 25.4 Å². The fraction of sp³-hybridized carbons (Fsp3) is 0.333. The first-order valence-electron chi connectivity index (χ1n) is 6.75. The predicted molar refractivity (Wildman–Crippen MR) is 84.8 cm³/mol. The van der Waals surface area contributed by atoms with Gasteiger partial charge in [0.05, 0.1) is 5.02 Å². The van der Waals surface area contributed by atoms with Crippen LogP contribution in [0.15, 0.2) is 24.3 Å². The molecule has 0 saturated carbocycles. The van der Waals surface area contributed by atoms with Crippen LogP contribution in [-0.2, 0) is 0 Å². The predicted octanol–water partition coefficient (Wildman–Crippen LogP) is 4.39. The van der Waals surface area contributed by atoms with Crippen LogP contribution in [0, 0.1) is 18.7 Å². The lowest BCUT2D eigenvalue weighted by molar-refractivity contribution is 0.628. The smallest absolute Gasteiger partial charge is 0.229 e. The van der Waals surface area contributed by atoms with E-state index >= 15 is 0 Å². The van der Waals surface area contributed by atoms with Crippen molar-refractivity contribution in [2.45, 2.75) is 20.8 Å². The highest BCUT2D eigenvalue weighted by atomic mass is 35.5. The first-order valence-corrected chi connectivity index (χ1v) is 7.13. The van der Waals surface area contributed by atoms with Crippen molar-refractivity contribution >= 4 is 29.1 Å². The fourth-order valence-corrected chi connectivity index (χ4v) is 1.91. The van der Waals surface area contributed by atoms with Crippen LogP contribution in [0.1, 0.15) is 19.5 Å². The summed E-state index contributed by atoms with van der Waals surface area (Å²) in [6, 6.07) is 6.28. The highest BCUT2D eigenvalue weighted by Crippen LogP contribution is 2.22. The number of halogens is 2. The van der Waals surface area contributed by atoms with Gasteiger partial charge in [0, 0.05) is 24.0 Å². The molecule has 0 radical (unpaired) electrons. The van der Waals surface area contributed by atoms with Gasteiger partial charge in [-0.15, -0.1) is 0 Å². The molecular formula is C15H18ClFN4. The van der Waals surface area contributed by atoms with Gasteiger partial charge in [0.25, 0.3) is 0 Å². The van der Waals surface area contributed by atoms with Crippen molar-refractivity contribution in [3.63, 3.8) is 0 Å². The Balaban J connectivity index is 2.17. The number of aryl methyl sites for hydroxylation is 1. The number of hydrogen-bond donors (Lipinski definition) is 2. The number of benzene rings is 1. The summed E-state index contributed by atoms with van der Waals surface area (Å²) in [5.41, 5.74) is 1.48. The summed E-state index contributed by atoms with van der Waals surface area (Å²) >= 11 is 5.76. The Hall–Kier alpha value is -1.88. The second-order valence-electron chi connectivity index (χ2n) is 5.25. The monoisotopic (exact) mass is 308 g/mol. The standard InChI is InChI=1S/C15H18ClFN4/c1-9(2)8-18-14-6-10(3)19-15(21-14)20-11-4-5-13(17)12(16)7-11/h4-7,9H,8H2,1-3H3,(H2,18,19,20,21). The molecule has 2 aromatic rings. The average Bonchev–Trinajstić information content (AvgIpc) is 2.40. The summed E-state index contributed by atoms with van der Waals surface area (Å²) in [5, 5.41) is 6.34. The van der Waals surface area contributed by atoms with Crippen molar-refractivity contribution in [1.29, 1.82) is 0 Å². The number of anilines is 3. The molecule has 1 aromatic carbocycles. The van der Waals surface area contributed by atoms with Crippen LogP contribution >= 0.6 is 11.6 Å². The summed E-state index contributed by atoms with van der Waals surface area (Å²) in [5.74, 6) is 1.27. The molecule has 21 heavy (non-hydrogen) atoms. The SMILES string of the molecule is Cc1cc(NCC(C)C)nc(Nc2ccc(F)c(Cl)c2)n1. The van der Waals surface area contributed by atoms with E-state index in [4.69, 9.17) is 11.6 Å². The molecule has 0 atom stereocenters. The van der Waals surface area contributed by atoms with E-state index in [-0.39, 0.29) is 5.02 Å². The number of nitrogens with one attached hydrogen (secondary N) is 2. The van der Waals surface area contributed by atoms with E-state index in [2.05, 4.69) is 34.4 Å². The Morgan fingerprint density at radius 2 is 2.00 bits per heavy atom. The van der Waals surface area contributed by atoms with Gasteiger partial charge in [0.1, 0.15) is 11.6 Å². The molecule has 0 unspecified atom stereocenters. The second kappa shape index (κ2) is 6.72. The third-order valence-electron chi connectivity index (χ3n) is 2.72. The zero-order valence-corrected chi connectivity index (χ0v) is 13.0. The van der Waals surface area contributed by atoms with Crippen molar-refractivity contribution in [3.05, 3.63) is 40.8 Å². The van der Waals surface area contributed by atoms with Crippen LogP contribution in [0.4, 0.5) is 21.8 Å². The van der Waals surface area contributed by atoms with E-state index in [1.165, 1.54) is 12.1 Å². The molecule has 112 valence electrons. The first kappa shape index (κ1) is 15.5. The lowest BCUT2D eigenvalue weighted by Crippen LogP contribution is -2.10. The van der Waals surface area contributed by atoms with Crippen molar-refractivity contribution in [2.24, 2.45) is 5.92 Å². The van der Waals surface area contributed by atoms with E-state index in [1.807, 2.05) is 13.0 Å². The highest BCUT2D eigenvalue weighted by Gasteiger charge is 2.05. The molecule has 0 bridgehead atoms. The van der Waals surface area contributed by atoms with Crippen molar-refractivity contribution in [1.82, 2.24) is 9.97 Å². The van der Waals surface area contributed by atoms with E-state index in [1.54, 1.807) is 6.07 Å². The first-order chi connectivity index (χ1) is 9.94. The van der Waals surface area contributed by atoms with Gasteiger partial charge in [0.2, 0.25) is 5.95 Å². The molecule has 0 spiro atoms. The quantitative estimate of drug-likeness (QED) is 0.860. The topological polar surface area (TPSA) is 49.8 Å². The summed E-state index contributed by atoms with van der Waals surface area (Å²) in [6.45, 7) is 6.98. The van der Waals surface area contributed by atoms with Crippen LogP contribution in [0.5, 0.6) is 0 Å². The summed E-state index contributed by atoms with van der Waals surface area (Å²) in [6.07, 6.45) is 0. The van der Waals surface area contributed by atoms with E-state index in [9.17, 15) is 4.39 Å². The Morgan fingerprint density at radius 3 is 2.67 bits per heavy atom. The van der Waals surface area contributed by atoms with Crippen molar-refractivity contribution in [2.75, 3.05) is 17.2 Å². The summed E-state index contributed by atoms with van der Waals surface area (Å²) in [4.78, 5) is 8.69. The molecule has 1 heterocycles. The third kappa shape index (κ3) is 4.56. The Kier molecular flexibility index (Phi) is 4.96. The molecule has 1 aromatic heterocycles. The van der Waals surface area contributed by atoms with Crippen LogP contribution in [-0.4, -0.2) is 16.5 Å². The van der Waals surface area contributed by atoms with E-state index in [0.717, 1.165) is 18.1 Å². The molecule has 0 aliphatic carbocycles. The Bertz CT molecular complexity index is 631. The molecule has 2 N–H and O–H groups in total. The van der Waals surface area contributed by atoms with Gasteiger partial charge >= 0.3 is 0 Å². The number of hydrogen-bond acceptors (Lipinski definition) is 4. The maximum atomic E-state index is 13.1. The maximum Gasteiger partial charge on any atom is 0.229 e. The van der Waals surface area contributed by atoms with Crippen LogP contribution in [0.2, 0.25) is 5.02 Å². The highest BCUT2D eigenvalue weighted by molar-refractivity contribution is 6.31. The molecule has 0 aliphatic rings. The zero-order chi connectivity index (χ0) is 15.4. The van der Waals surface area contributed by atoms with E-state index < -0.39 is 5.82 Å². The lowest BCUT2D eigenvalue weighted by atomic mass is 10.2. The molecule has 0 aliphatic heterocycles. The summed E-state index contributed by atoms with van der Waals surface area (Å²) in [7, 11) is 0. The van der Waals surface area contributed by atoms with Crippen LogP contribution in [0.3, 0.4) is 0 Å². The lowest BCUT2D eigenvalue weighted by Gasteiger charge is -2.11. The minimum atomic E-state index is -0.452.